The van der Waals surface area contributed by atoms with E-state index in [1.807, 2.05) is 22.1 Å². The van der Waals surface area contributed by atoms with Gasteiger partial charge in [0.1, 0.15) is 11.4 Å². The first-order valence-electron chi connectivity index (χ1n) is 11.8. The topological polar surface area (TPSA) is 81.7 Å². The Balaban J connectivity index is 1.14. The van der Waals surface area contributed by atoms with Gasteiger partial charge in [0.15, 0.2) is 0 Å². The van der Waals surface area contributed by atoms with Gasteiger partial charge in [-0.05, 0) is 67.9 Å². The van der Waals surface area contributed by atoms with E-state index in [2.05, 4.69) is 34.5 Å². The normalized spacial score (nSPS) is 23.7. The molecule has 168 valence electrons. The smallest absolute Gasteiger partial charge is 0.256 e. The van der Waals surface area contributed by atoms with Gasteiger partial charge in [-0.3, -0.25) is 24.6 Å². The zero-order chi connectivity index (χ0) is 22.2. The lowest BCUT2D eigenvalue weighted by atomic mass is 10.1. The Bertz CT molecular complexity index is 1320. The monoisotopic (exact) mass is 459 g/mol. The van der Waals surface area contributed by atoms with E-state index in [0.717, 1.165) is 77.2 Å². The molecule has 33 heavy (non-hydrogen) atoms. The second kappa shape index (κ2) is 7.00. The van der Waals surface area contributed by atoms with E-state index in [1.165, 1.54) is 0 Å². The standard InChI is InChI=1S/C25H25N5O2S/c31-23(16-1-2-16)29-10-7-15(13-29)14-30-22(27-25(8-9-25)24(30)32)21-6-5-20(33-21)17-3-4-19-18(11-17)12-26-28-19/h3-6,11-12,15-16H,1-2,7-10,13-14H2,(H,26,28)/t15-/m1/s1. The van der Waals surface area contributed by atoms with E-state index in [1.54, 1.807) is 11.3 Å². The highest BCUT2D eigenvalue weighted by Crippen LogP contribution is 2.47. The largest absolute Gasteiger partial charge is 0.342 e. The molecule has 4 aliphatic rings. The minimum absolute atomic E-state index is 0.152. The van der Waals surface area contributed by atoms with Crippen molar-refractivity contribution in [2.24, 2.45) is 16.8 Å². The number of likely N-dealkylation sites (tertiary alicyclic amines) is 1. The predicted molar refractivity (Wildman–Crippen MR) is 127 cm³/mol. The highest BCUT2D eigenvalue weighted by Gasteiger charge is 2.57. The maximum Gasteiger partial charge on any atom is 0.256 e. The molecule has 1 atom stereocenters. The summed E-state index contributed by atoms with van der Waals surface area (Å²) in [5, 5.41) is 8.19. The van der Waals surface area contributed by atoms with Gasteiger partial charge in [0.05, 0.1) is 16.6 Å². The number of fused-ring (bicyclic) bond motifs is 1. The molecule has 1 aromatic carbocycles. The molecule has 0 unspecified atom stereocenters. The third-order valence-corrected chi connectivity index (χ3v) is 8.59. The van der Waals surface area contributed by atoms with Crippen molar-refractivity contribution in [3.63, 3.8) is 0 Å². The van der Waals surface area contributed by atoms with Crippen LogP contribution in [-0.4, -0.2) is 62.8 Å². The number of nitrogens with one attached hydrogen (secondary N) is 1. The van der Waals surface area contributed by atoms with Crippen LogP contribution >= 0.6 is 11.3 Å². The number of aromatic amines is 1. The van der Waals surface area contributed by atoms with Gasteiger partial charge in [0.2, 0.25) is 5.91 Å². The Morgan fingerprint density at radius 2 is 2.00 bits per heavy atom. The molecule has 2 aliphatic heterocycles. The van der Waals surface area contributed by atoms with Crippen molar-refractivity contribution >= 4 is 39.9 Å². The van der Waals surface area contributed by atoms with Crippen molar-refractivity contribution in [1.29, 1.82) is 0 Å². The maximum atomic E-state index is 13.3. The Kier molecular flexibility index (Phi) is 4.13. The van der Waals surface area contributed by atoms with Crippen LogP contribution in [0, 0.1) is 11.8 Å². The van der Waals surface area contributed by atoms with Crippen LogP contribution in [0.15, 0.2) is 41.5 Å². The highest BCUT2D eigenvalue weighted by molar-refractivity contribution is 7.17. The van der Waals surface area contributed by atoms with Crippen LogP contribution in [0.25, 0.3) is 21.3 Å². The molecule has 8 heteroatoms. The number of hydrogen-bond donors (Lipinski definition) is 1. The van der Waals surface area contributed by atoms with Crippen LogP contribution < -0.4 is 0 Å². The van der Waals surface area contributed by atoms with Gasteiger partial charge in [-0.25, -0.2) is 0 Å². The third-order valence-electron chi connectivity index (χ3n) is 7.46. The molecule has 2 aromatic heterocycles. The van der Waals surface area contributed by atoms with Gasteiger partial charge in [-0.2, -0.15) is 5.10 Å². The quantitative estimate of drug-likeness (QED) is 0.632. The van der Waals surface area contributed by atoms with E-state index in [9.17, 15) is 9.59 Å². The molecule has 1 saturated heterocycles. The molecular weight excluding hydrogens is 434 g/mol. The van der Waals surface area contributed by atoms with Crippen LogP contribution in [-0.2, 0) is 9.59 Å². The lowest BCUT2D eigenvalue weighted by Gasteiger charge is -2.23. The van der Waals surface area contributed by atoms with Crippen LogP contribution in [0.2, 0.25) is 0 Å². The Labute approximate surface area is 195 Å². The summed E-state index contributed by atoms with van der Waals surface area (Å²) in [5.74, 6) is 1.87. The van der Waals surface area contributed by atoms with E-state index in [-0.39, 0.29) is 11.8 Å². The number of aromatic nitrogens is 2. The van der Waals surface area contributed by atoms with Crippen LogP contribution in [0.5, 0.6) is 0 Å². The number of carbonyl (C=O) groups is 2. The predicted octanol–water partition coefficient (Wildman–Crippen LogP) is 3.67. The number of nitrogens with zero attached hydrogens (tertiary/aromatic N) is 4. The van der Waals surface area contributed by atoms with Crippen molar-refractivity contribution in [3.8, 4) is 10.4 Å². The zero-order valence-electron chi connectivity index (χ0n) is 18.3. The number of thiophene rings is 1. The summed E-state index contributed by atoms with van der Waals surface area (Å²) in [4.78, 5) is 36.9. The van der Waals surface area contributed by atoms with E-state index < -0.39 is 5.54 Å². The summed E-state index contributed by atoms with van der Waals surface area (Å²) in [7, 11) is 0. The van der Waals surface area contributed by atoms with Crippen molar-refractivity contribution in [2.75, 3.05) is 19.6 Å². The number of amidine groups is 1. The fourth-order valence-electron chi connectivity index (χ4n) is 5.20. The van der Waals surface area contributed by atoms with Crippen molar-refractivity contribution in [2.45, 2.75) is 37.6 Å². The summed E-state index contributed by atoms with van der Waals surface area (Å²) >= 11 is 1.68. The lowest BCUT2D eigenvalue weighted by Crippen LogP contribution is -2.40. The third kappa shape index (κ3) is 3.22. The minimum Gasteiger partial charge on any atom is -0.342 e. The van der Waals surface area contributed by atoms with E-state index in [4.69, 9.17) is 4.99 Å². The van der Waals surface area contributed by atoms with Gasteiger partial charge < -0.3 is 4.90 Å². The first-order valence-corrected chi connectivity index (χ1v) is 12.7. The Morgan fingerprint density at radius 3 is 2.82 bits per heavy atom. The zero-order valence-corrected chi connectivity index (χ0v) is 19.1. The second-order valence-corrected chi connectivity index (χ2v) is 11.0. The Hall–Kier alpha value is -3.00. The molecule has 4 heterocycles. The fourth-order valence-corrected chi connectivity index (χ4v) is 6.20. The van der Waals surface area contributed by atoms with Gasteiger partial charge in [-0.15, -0.1) is 11.3 Å². The summed E-state index contributed by atoms with van der Waals surface area (Å²) in [6.45, 7) is 2.24. The molecule has 7 nitrogen and oxygen atoms in total. The van der Waals surface area contributed by atoms with Crippen LogP contribution in [0.3, 0.4) is 0 Å². The number of rotatable bonds is 5. The summed E-state index contributed by atoms with van der Waals surface area (Å²) < 4.78 is 0. The molecular formula is C25H25N5O2S. The number of amides is 2. The average molecular weight is 460 g/mol. The van der Waals surface area contributed by atoms with Gasteiger partial charge in [0, 0.05) is 35.8 Å². The Morgan fingerprint density at radius 1 is 1.15 bits per heavy atom. The molecule has 2 aliphatic carbocycles. The van der Waals surface area contributed by atoms with Crippen molar-refractivity contribution in [3.05, 3.63) is 41.4 Å². The molecule has 3 fully saturated rings. The SMILES string of the molecule is O=C(C1CC1)N1CC[C@@H](CN2C(=O)C3(CC3)N=C2c2ccc(-c3ccc4[nH]ncc4c3)s2)C1. The number of aliphatic imine (C=N–C) groups is 1. The second-order valence-electron chi connectivity index (χ2n) is 9.93. The van der Waals surface area contributed by atoms with Crippen LogP contribution in [0.4, 0.5) is 0 Å². The maximum absolute atomic E-state index is 13.3. The van der Waals surface area contributed by atoms with Crippen molar-refractivity contribution < 1.29 is 9.59 Å². The fraction of sp³-hybridized carbons (Fsp3) is 0.440. The summed E-state index contributed by atoms with van der Waals surface area (Å²) in [5.41, 5.74) is 1.65. The highest BCUT2D eigenvalue weighted by atomic mass is 32.1. The van der Waals surface area contributed by atoms with E-state index >= 15 is 0 Å². The molecule has 1 N–H and O–H groups in total. The first-order chi connectivity index (χ1) is 16.1. The molecule has 2 saturated carbocycles. The lowest BCUT2D eigenvalue weighted by molar-refractivity contribution is -0.131. The van der Waals surface area contributed by atoms with Gasteiger partial charge in [0.25, 0.3) is 5.91 Å². The van der Waals surface area contributed by atoms with Crippen molar-refractivity contribution in [1.82, 2.24) is 20.0 Å². The number of H-pyrrole nitrogens is 1. The van der Waals surface area contributed by atoms with Crippen LogP contribution in [0.1, 0.15) is 37.0 Å². The molecule has 0 bridgehead atoms. The summed E-state index contributed by atoms with van der Waals surface area (Å²) in [6, 6.07) is 10.5. The van der Waals surface area contributed by atoms with Gasteiger partial charge in [-0.1, -0.05) is 6.07 Å². The average Bonchev–Trinajstić information content (AvgIpc) is 3.59. The molecule has 7 rings (SSSR count). The number of hydrogen-bond acceptors (Lipinski definition) is 5. The minimum atomic E-state index is -0.517. The summed E-state index contributed by atoms with van der Waals surface area (Å²) in [6.07, 6.45) is 6.57. The number of carbonyl (C=O) groups excluding carboxylic acids is 2. The molecule has 2 amide bonds. The molecule has 3 aromatic rings. The van der Waals surface area contributed by atoms with Gasteiger partial charge >= 0.3 is 0 Å². The number of benzene rings is 1. The molecule has 1 spiro atoms. The first kappa shape index (κ1) is 19.5. The molecule has 0 radical (unpaired) electrons. The van der Waals surface area contributed by atoms with E-state index in [0.29, 0.717) is 18.4 Å².